The largest absolute Gasteiger partial charge is 0.299 e. The van der Waals surface area contributed by atoms with Gasteiger partial charge in [0.2, 0.25) is 0 Å². The van der Waals surface area contributed by atoms with E-state index in [4.69, 9.17) is 0 Å². The Labute approximate surface area is 110 Å². The van der Waals surface area contributed by atoms with E-state index >= 15 is 0 Å². The standard InChI is InChI=1S/C16H23NO/c1-11-5-6-14(7-12(11)2)16(18)10-17(4)9-15-8-13(15)3/h5-7,13,15H,8-10H2,1-4H3. The van der Waals surface area contributed by atoms with Crippen LogP contribution in [0.3, 0.4) is 0 Å². The van der Waals surface area contributed by atoms with Crippen LogP contribution in [0.2, 0.25) is 0 Å². The van der Waals surface area contributed by atoms with Crippen LogP contribution in [0, 0.1) is 25.7 Å². The first-order chi connectivity index (χ1) is 8.47. The number of nitrogens with zero attached hydrogens (tertiary/aromatic N) is 1. The third-order valence-electron chi connectivity index (χ3n) is 4.06. The average Bonchev–Trinajstić information content (AvgIpc) is 2.97. The Hall–Kier alpha value is -1.15. The zero-order chi connectivity index (χ0) is 13.3. The smallest absolute Gasteiger partial charge is 0.176 e. The first-order valence-electron chi connectivity index (χ1n) is 6.76. The van der Waals surface area contributed by atoms with Crippen LogP contribution >= 0.6 is 0 Å². The Balaban J connectivity index is 1.92. The Bertz CT molecular complexity index is 452. The van der Waals surface area contributed by atoms with E-state index in [2.05, 4.69) is 25.7 Å². The zero-order valence-electron chi connectivity index (χ0n) is 11.9. The lowest BCUT2D eigenvalue weighted by atomic mass is 10.0. The number of aryl methyl sites for hydroxylation is 2. The average molecular weight is 245 g/mol. The van der Waals surface area contributed by atoms with E-state index in [1.165, 1.54) is 17.5 Å². The lowest BCUT2D eigenvalue weighted by Gasteiger charge is -2.15. The summed E-state index contributed by atoms with van der Waals surface area (Å²) in [5, 5.41) is 0. The van der Waals surface area contributed by atoms with Crippen LogP contribution in [0.25, 0.3) is 0 Å². The SMILES string of the molecule is Cc1ccc(C(=O)CN(C)CC2CC2C)cc1C. The Morgan fingerprint density at radius 3 is 2.56 bits per heavy atom. The van der Waals surface area contributed by atoms with Gasteiger partial charge >= 0.3 is 0 Å². The number of carbonyl (C=O) groups excluding carboxylic acids is 1. The third kappa shape index (κ3) is 3.20. The molecule has 2 rings (SSSR count). The van der Waals surface area contributed by atoms with E-state index in [9.17, 15) is 4.79 Å². The molecule has 0 spiro atoms. The second-order valence-electron chi connectivity index (χ2n) is 5.89. The Morgan fingerprint density at radius 1 is 1.33 bits per heavy atom. The van der Waals surface area contributed by atoms with Gasteiger partial charge in [0.25, 0.3) is 0 Å². The number of likely N-dealkylation sites (N-methyl/N-ethyl adjacent to an activating group) is 1. The fraction of sp³-hybridized carbons (Fsp3) is 0.562. The maximum Gasteiger partial charge on any atom is 0.176 e. The summed E-state index contributed by atoms with van der Waals surface area (Å²) in [6.07, 6.45) is 1.32. The van der Waals surface area contributed by atoms with Gasteiger partial charge in [-0.15, -0.1) is 0 Å². The molecule has 0 bridgehead atoms. The highest BCUT2D eigenvalue weighted by atomic mass is 16.1. The lowest BCUT2D eigenvalue weighted by Crippen LogP contribution is -2.28. The van der Waals surface area contributed by atoms with E-state index < -0.39 is 0 Å². The molecule has 0 saturated heterocycles. The van der Waals surface area contributed by atoms with Crippen LogP contribution in [0.4, 0.5) is 0 Å². The predicted molar refractivity (Wildman–Crippen MR) is 75.0 cm³/mol. The molecule has 0 amide bonds. The summed E-state index contributed by atoms with van der Waals surface area (Å²) in [7, 11) is 2.05. The minimum absolute atomic E-state index is 0.230. The number of benzene rings is 1. The molecule has 0 radical (unpaired) electrons. The highest BCUT2D eigenvalue weighted by Crippen LogP contribution is 2.37. The van der Waals surface area contributed by atoms with Crippen molar-refractivity contribution in [2.45, 2.75) is 27.2 Å². The van der Waals surface area contributed by atoms with Gasteiger partial charge in [-0.05, 0) is 56.3 Å². The van der Waals surface area contributed by atoms with Gasteiger partial charge in [0.15, 0.2) is 5.78 Å². The van der Waals surface area contributed by atoms with Gasteiger partial charge in [-0.25, -0.2) is 0 Å². The molecule has 0 N–H and O–H groups in total. The second-order valence-corrected chi connectivity index (χ2v) is 5.89. The molecular formula is C16H23NO. The lowest BCUT2D eigenvalue weighted by molar-refractivity contribution is 0.0943. The van der Waals surface area contributed by atoms with E-state index in [0.717, 1.165) is 23.9 Å². The summed E-state index contributed by atoms with van der Waals surface area (Å²) in [5.74, 6) is 1.89. The first kappa shape index (κ1) is 13.3. The molecule has 1 aromatic rings. The third-order valence-corrected chi connectivity index (χ3v) is 4.06. The maximum atomic E-state index is 12.2. The molecule has 2 unspecified atom stereocenters. The van der Waals surface area contributed by atoms with E-state index in [1.807, 2.05) is 25.2 Å². The molecule has 1 aromatic carbocycles. The molecule has 1 fully saturated rings. The van der Waals surface area contributed by atoms with Crippen molar-refractivity contribution >= 4 is 5.78 Å². The monoisotopic (exact) mass is 245 g/mol. The van der Waals surface area contributed by atoms with Gasteiger partial charge in [-0.1, -0.05) is 19.1 Å². The molecule has 0 aliphatic heterocycles. The topological polar surface area (TPSA) is 20.3 Å². The molecular weight excluding hydrogens is 222 g/mol. The summed E-state index contributed by atoms with van der Waals surface area (Å²) in [6, 6.07) is 5.98. The molecule has 2 atom stereocenters. The summed E-state index contributed by atoms with van der Waals surface area (Å²) in [6.45, 7) is 8.00. The van der Waals surface area contributed by atoms with Crippen molar-refractivity contribution in [3.8, 4) is 0 Å². The van der Waals surface area contributed by atoms with Gasteiger partial charge in [0, 0.05) is 12.1 Å². The van der Waals surface area contributed by atoms with Gasteiger partial charge in [0.1, 0.15) is 0 Å². The van der Waals surface area contributed by atoms with E-state index in [1.54, 1.807) is 0 Å². The van der Waals surface area contributed by atoms with Crippen molar-refractivity contribution in [2.75, 3.05) is 20.1 Å². The second kappa shape index (κ2) is 5.23. The number of hydrogen-bond donors (Lipinski definition) is 0. The van der Waals surface area contributed by atoms with E-state index in [-0.39, 0.29) is 5.78 Å². The quantitative estimate of drug-likeness (QED) is 0.743. The fourth-order valence-corrected chi connectivity index (χ4v) is 2.37. The highest BCUT2D eigenvalue weighted by Gasteiger charge is 2.33. The van der Waals surface area contributed by atoms with Crippen LogP contribution in [0.1, 0.15) is 34.8 Å². The number of hydrogen-bond acceptors (Lipinski definition) is 2. The minimum atomic E-state index is 0.230. The molecule has 0 aromatic heterocycles. The predicted octanol–water partition coefficient (Wildman–Crippen LogP) is 3.07. The van der Waals surface area contributed by atoms with Gasteiger partial charge in [-0.2, -0.15) is 0 Å². The van der Waals surface area contributed by atoms with Crippen molar-refractivity contribution in [3.05, 3.63) is 34.9 Å². The summed E-state index contributed by atoms with van der Waals surface area (Å²) < 4.78 is 0. The summed E-state index contributed by atoms with van der Waals surface area (Å²) in [5.41, 5.74) is 3.28. The number of Topliss-reactive ketones (excluding diaryl/α,β-unsaturated/α-hetero) is 1. The normalized spacial score (nSPS) is 22.3. The Morgan fingerprint density at radius 2 is 2.00 bits per heavy atom. The maximum absolute atomic E-state index is 12.2. The highest BCUT2D eigenvalue weighted by molar-refractivity contribution is 5.97. The first-order valence-corrected chi connectivity index (χ1v) is 6.76. The van der Waals surface area contributed by atoms with Crippen molar-refractivity contribution in [1.29, 1.82) is 0 Å². The molecule has 2 heteroatoms. The molecule has 1 saturated carbocycles. The number of carbonyl (C=O) groups is 1. The molecule has 1 aliphatic rings. The van der Waals surface area contributed by atoms with Crippen LogP contribution in [-0.2, 0) is 0 Å². The summed E-state index contributed by atoms with van der Waals surface area (Å²) >= 11 is 0. The van der Waals surface area contributed by atoms with Crippen LogP contribution < -0.4 is 0 Å². The molecule has 18 heavy (non-hydrogen) atoms. The van der Waals surface area contributed by atoms with E-state index in [0.29, 0.717) is 6.54 Å². The summed E-state index contributed by atoms with van der Waals surface area (Å²) in [4.78, 5) is 14.3. The van der Waals surface area contributed by atoms with Crippen LogP contribution in [0.15, 0.2) is 18.2 Å². The van der Waals surface area contributed by atoms with Crippen molar-refractivity contribution < 1.29 is 4.79 Å². The van der Waals surface area contributed by atoms with Crippen molar-refractivity contribution in [2.24, 2.45) is 11.8 Å². The molecule has 2 nitrogen and oxygen atoms in total. The fourth-order valence-electron chi connectivity index (χ4n) is 2.37. The van der Waals surface area contributed by atoms with Crippen molar-refractivity contribution in [1.82, 2.24) is 4.90 Å². The zero-order valence-corrected chi connectivity index (χ0v) is 11.9. The molecule has 98 valence electrons. The molecule has 1 aliphatic carbocycles. The van der Waals surface area contributed by atoms with Crippen LogP contribution in [0.5, 0.6) is 0 Å². The van der Waals surface area contributed by atoms with Gasteiger partial charge in [0.05, 0.1) is 6.54 Å². The number of rotatable bonds is 5. The van der Waals surface area contributed by atoms with Gasteiger partial charge in [-0.3, -0.25) is 9.69 Å². The van der Waals surface area contributed by atoms with Crippen LogP contribution in [-0.4, -0.2) is 30.8 Å². The minimum Gasteiger partial charge on any atom is -0.299 e. The number of ketones is 1. The van der Waals surface area contributed by atoms with Crippen molar-refractivity contribution in [3.63, 3.8) is 0 Å². The van der Waals surface area contributed by atoms with Gasteiger partial charge < -0.3 is 0 Å². The molecule has 0 heterocycles. The Kier molecular flexibility index (Phi) is 3.86.